The molecule has 1 saturated heterocycles. The molecule has 0 spiro atoms. The van der Waals surface area contributed by atoms with Crippen molar-refractivity contribution < 1.29 is 23.9 Å². The summed E-state index contributed by atoms with van der Waals surface area (Å²) < 4.78 is 10.1. The first kappa shape index (κ1) is 30.2. The summed E-state index contributed by atoms with van der Waals surface area (Å²) in [7, 11) is 0. The smallest absolute Gasteiger partial charge is 0.356 e. The van der Waals surface area contributed by atoms with Crippen LogP contribution in [0.15, 0.2) is 108 Å². The summed E-state index contributed by atoms with van der Waals surface area (Å²) in [6.45, 7) is -0.252. The largest absolute Gasteiger partial charge is 0.448 e. The lowest BCUT2D eigenvalue weighted by Gasteiger charge is -2.31. The molecule has 1 aliphatic carbocycles. The molecule has 2 aliphatic heterocycles. The van der Waals surface area contributed by atoms with E-state index in [2.05, 4.69) is 5.32 Å². The standard InChI is InChI=1S/C32H30Cl2N2O5S/c33-32(34)26(41-32)17-16-25-20-42-21-36(28(38)19-35-27(37)18-22-10-4-1-5-11-22)29(25)31(39)40-30(23-12-6-2-7-13-23)24-14-8-3-9-15-24/h1-10,12-17,22,26,30H,11,18-21H2,(H,35,37)/b17-16+. The second-order valence-corrected chi connectivity index (χ2v) is 12.3. The quantitative estimate of drug-likeness (QED) is 0.203. The summed E-state index contributed by atoms with van der Waals surface area (Å²) >= 11 is 13.5. The summed E-state index contributed by atoms with van der Waals surface area (Å²) in [5, 5.41) is 2.72. The van der Waals surface area contributed by atoms with Crippen molar-refractivity contribution in [3.8, 4) is 0 Å². The van der Waals surface area contributed by atoms with E-state index in [0.717, 1.165) is 17.5 Å². The summed E-state index contributed by atoms with van der Waals surface area (Å²) in [5.41, 5.74) is 2.25. The Kier molecular flexibility index (Phi) is 9.90. The number of ether oxygens (including phenoxy) is 2. The number of thioether (sulfide) groups is 1. The third-order valence-electron chi connectivity index (χ3n) is 6.96. The third kappa shape index (κ3) is 7.75. The molecule has 5 rings (SSSR count). The van der Waals surface area contributed by atoms with Crippen molar-refractivity contribution in [2.75, 3.05) is 18.2 Å². The van der Waals surface area contributed by atoms with Gasteiger partial charge in [0.25, 0.3) is 0 Å². The molecule has 2 atom stereocenters. The van der Waals surface area contributed by atoms with E-state index in [1.54, 1.807) is 12.2 Å². The van der Waals surface area contributed by atoms with Crippen LogP contribution in [0, 0.1) is 5.92 Å². The number of carbonyl (C=O) groups excluding carboxylic acids is 3. The number of hydrogen-bond donors (Lipinski definition) is 1. The molecule has 218 valence electrons. The predicted octanol–water partition coefficient (Wildman–Crippen LogP) is 5.83. The Morgan fingerprint density at radius 2 is 1.74 bits per heavy atom. The summed E-state index contributed by atoms with van der Waals surface area (Å²) in [6, 6.07) is 18.8. The van der Waals surface area contributed by atoms with E-state index in [0.29, 0.717) is 11.3 Å². The summed E-state index contributed by atoms with van der Waals surface area (Å²) in [4.78, 5) is 41.4. The van der Waals surface area contributed by atoms with Crippen LogP contribution in [0.2, 0.25) is 0 Å². The molecule has 2 amide bonds. The zero-order chi connectivity index (χ0) is 29.5. The molecule has 1 N–H and O–H groups in total. The van der Waals surface area contributed by atoms with Gasteiger partial charge in [-0.15, -0.1) is 11.8 Å². The number of hydrogen-bond acceptors (Lipinski definition) is 6. The van der Waals surface area contributed by atoms with E-state index in [1.165, 1.54) is 16.7 Å². The molecular weight excluding hydrogens is 595 g/mol. The monoisotopic (exact) mass is 624 g/mol. The second kappa shape index (κ2) is 13.8. The average molecular weight is 626 g/mol. The highest BCUT2D eigenvalue weighted by atomic mass is 35.5. The lowest BCUT2D eigenvalue weighted by molar-refractivity contribution is -0.147. The van der Waals surface area contributed by atoms with E-state index in [4.69, 9.17) is 32.7 Å². The summed E-state index contributed by atoms with van der Waals surface area (Å²) in [5.74, 6) is -0.550. The molecule has 0 aromatic heterocycles. The van der Waals surface area contributed by atoms with E-state index in [1.807, 2.05) is 85.0 Å². The first-order valence-corrected chi connectivity index (χ1v) is 15.5. The first-order valence-electron chi connectivity index (χ1n) is 13.6. The molecular formula is C32H30Cl2N2O5S. The zero-order valence-corrected chi connectivity index (χ0v) is 25.0. The van der Waals surface area contributed by atoms with Crippen molar-refractivity contribution in [2.24, 2.45) is 5.92 Å². The minimum Gasteiger partial charge on any atom is -0.448 e. The van der Waals surface area contributed by atoms with Crippen molar-refractivity contribution in [1.82, 2.24) is 10.2 Å². The Hall–Kier alpha value is -3.30. The molecule has 2 aromatic rings. The van der Waals surface area contributed by atoms with Crippen LogP contribution in [0.25, 0.3) is 0 Å². The Morgan fingerprint density at radius 3 is 2.33 bits per heavy atom. The third-order valence-corrected chi connectivity index (χ3v) is 8.52. The van der Waals surface area contributed by atoms with Crippen LogP contribution >= 0.6 is 35.0 Å². The van der Waals surface area contributed by atoms with Gasteiger partial charge in [-0.3, -0.25) is 14.5 Å². The number of rotatable bonds is 10. The molecule has 2 unspecified atom stereocenters. The van der Waals surface area contributed by atoms with Crippen molar-refractivity contribution >= 4 is 52.7 Å². The van der Waals surface area contributed by atoms with Crippen LogP contribution in [-0.4, -0.2) is 51.5 Å². The highest BCUT2D eigenvalue weighted by Crippen LogP contribution is 2.45. The maximum Gasteiger partial charge on any atom is 0.356 e. The van der Waals surface area contributed by atoms with Gasteiger partial charge in [-0.1, -0.05) is 114 Å². The van der Waals surface area contributed by atoms with Gasteiger partial charge < -0.3 is 14.8 Å². The first-order chi connectivity index (χ1) is 20.3. The number of nitrogens with zero attached hydrogens (tertiary/aromatic N) is 1. The van der Waals surface area contributed by atoms with Crippen LogP contribution in [0.5, 0.6) is 0 Å². The molecule has 1 fully saturated rings. The van der Waals surface area contributed by atoms with Gasteiger partial charge in [-0.2, -0.15) is 0 Å². The Labute approximate surface area is 259 Å². The van der Waals surface area contributed by atoms with E-state index >= 15 is 0 Å². The van der Waals surface area contributed by atoms with Crippen LogP contribution in [-0.2, 0) is 23.9 Å². The Bertz CT molecular complexity index is 1390. The molecule has 7 nitrogen and oxygen atoms in total. The lowest BCUT2D eigenvalue weighted by Crippen LogP contribution is -2.44. The highest BCUT2D eigenvalue weighted by Gasteiger charge is 2.52. The fourth-order valence-electron chi connectivity index (χ4n) is 4.72. The van der Waals surface area contributed by atoms with Crippen LogP contribution in [0.4, 0.5) is 0 Å². The second-order valence-electron chi connectivity index (χ2n) is 10.0. The lowest BCUT2D eigenvalue weighted by atomic mass is 9.97. The number of allylic oxidation sites excluding steroid dienone is 5. The van der Waals surface area contributed by atoms with Crippen molar-refractivity contribution in [1.29, 1.82) is 0 Å². The fourth-order valence-corrected chi connectivity index (χ4v) is 6.06. The topological polar surface area (TPSA) is 88.2 Å². The van der Waals surface area contributed by atoms with Crippen molar-refractivity contribution in [3.05, 3.63) is 120 Å². The molecule has 0 bridgehead atoms. The van der Waals surface area contributed by atoms with E-state index in [9.17, 15) is 14.4 Å². The van der Waals surface area contributed by atoms with Crippen molar-refractivity contribution in [3.63, 3.8) is 0 Å². The van der Waals surface area contributed by atoms with Crippen LogP contribution in [0.1, 0.15) is 30.1 Å². The van der Waals surface area contributed by atoms with Gasteiger partial charge in [-0.05, 0) is 35.1 Å². The number of amides is 2. The number of alkyl halides is 2. The molecule has 10 heteroatoms. The summed E-state index contributed by atoms with van der Waals surface area (Å²) in [6.07, 6.45) is 11.0. The van der Waals surface area contributed by atoms with E-state index < -0.39 is 28.6 Å². The molecule has 42 heavy (non-hydrogen) atoms. The Balaban J connectivity index is 1.38. The number of halogens is 2. The fraction of sp³-hybridized carbons (Fsp3) is 0.281. The van der Waals surface area contributed by atoms with Gasteiger partial charge in [0.2, 0.25) is 16.3 Å². The van der Waals surface area contributed by atoms with Gasteiger partial charge in [0, 0.05) is 12.2 Å². The minimum atomic E-state index is -1.31. The molecule has 2 heterocycles. The predicted molar refractivity (Wildman–Crippen MR) is 164 cm³/mol. The highest BCUT2D eigenvalue weighted by molar-refractivity contribution is 7.99. The van der Waals surface area contributed by atoms with E-state index in [-0.39, 0.29) is 36.4 Å². The van der Waals surface area contributed by atoms with Crippen molar-refractivity contribution in [2.45, 2.75) is 29.6 Å². The SMILES string of the molecule is O=C(CC1C=CC=CC1)NCC(=O)N1CSCC(/C=C/C2OC2(Cl)Cl)=C1C(=O)OC(c1ccccc1)c1ccccc1. The zero-order valence-electron chi connectivity index (χ0n) is 22.7. The average Bonchev–Trinajstić information content (AvgIpc) is 3.64. The van der Waals surface area contributed by atoms with Gasteiger partial charge in [-0.25, -0.2) is 4.79 Å². The minimum absolute atomic E-state index is 0.0892. The molecule has 0 saturated carbocycles. The van der Waals surface area contributed by atoms with Crippen LogP contribution in [0.3, 0.4) is 0 Å². The maximum absolute atomic E-state index is 14.0. The normalized spacial score (nSPS) is 21.1. The Morgan fingerprint density at radius 1 is 1.07 bits per heavy atom. The maximum atomic E-state index is 14.0. The van der Waals surface area contributed by atoms with Gasteiger partial charge >= 0.3 is 5.97 Å². The van der Waals surface area contributed by atoms with Gasteiger partial charge in [0.15, 0.2) is 6.10 Å². The number of epoxide rings is 1. The molecule has 3 aliphatic rings. The molecule has 2 aromatic carbocycles. The van der Waals surface area contributed by atoms with Gasteiger partial charge in [0.05, 0.1) is 12.4 Å². The molecule has 0 radical (unpaired) electrons. The van der Waals surface area contributed by atoms with Gasteiger partial charge in [0.1, 0.15) is 11.8 Å². The number of benzene rings is 2. The number of nitrogens with one attached hydrogen (secondary N) is 1. The number of carbonyl (C=O) groups is 3. The van der Waals surface area contributed by atoms with Crippen LogP contribution < -0.4 is 5.32 Å². The number of esters is 1.